The maximum atomic E-state index is 13.6. The molecule has 4 heteroatoms. The zero-order valence-corrected chi connectivity index (χ0v) is 8.09. The largest absolute Gasteiger partial charge is 0.311 e. The molecule has 0 unspecified atom stereocenters. The van der Waals surface area contributed by atoms with Gasteiger partial charge in [0.25, 0.3) is 0 Å². The summed E-state index contributed by atoms with van der Waals surface area (Å²) in [5, 5.41) is 4.00. The number of alkyl halides is 1. The van der Waals surface area contributed by atoms with Crippen LogP contribution in [-0.4, -0.2) is 11.5 Å². The lowest BCUT2D eigenvalue weighted by Crippen LogP contribution is -2.22. The van der Waals surface area contributed by atoms with E-state index in [1.165, 1.54) is 4.88 Å². The van der Waals surface area contributed by atoms with Crippen molar-refractivity contribution in [3.8, 4) is 0 Å². The molecule has 2 heterocycles. The minimum absolute atomic E-state index is 0.673. The van der Waals surface area contributed by atoms with E-state index in [9.17, 15) is 4.39 Å². The highest BCUT2D eigenvalue weighted by Crippen LogP contribution is 2.51. The molecule has 70 valence electrons. The van der Waals surface area contributed by atoms with Crippen LogP contribution < -0.4 is 5.32 Å². The SMILES string of the molecule is FC1(c2nc3c(s2)CNCC3)CC1. The molecule has 0 spiro atoms. The van der Waals surface area contributed by atoms with Crippen molar-refractivity contribution in [3.05, 3.63) is 15.6 Å². The average Bonchev–Trinajstić information content (AvgIpc) is 2.76. The second-order valence-corrected chi connectivity index (χ2v) is 4.86. The summed E-state index contributed by atoms with van der Waals surface area (Å²) >= 11 is 1.56. The maximum Gasteiger partial charge on any atom is 0.162 e. The fourth-order valence-electron chi connectivity index (χ4n) is 1.64. The van der Waals surface area contributed by atoms with E-state index >= 15 is 0 Å². The summed E-state index contributed by atoms with van der Waals surface area (Å²) in [6.45, 7) is 1.86. The van der Waals surface area contributed by atoms with Gasteiger partial charge in [-0.15, -0.1) is 11.3 Å². The van der Waals surface area contributed by atoms with Gasteiger partial charge in [-0.1, -0.05) is 0 Å². The Labute approximate surface area is 80.2 Å². The molecule has 1 aliphatic heterocycles. The highest BCUT2D eigenvalue weighted by Gasteiger charge is 2.48. The van der Waals surface area contributed by atoms with Crippen molar-refractivity contribution in [2.45, 2.75) is 31.5 Å². The predicted molar refractivity (Wildman–Crippen MR) is 49.5 cm³/mol. The Balaban J connectivity index is 2.00. The zero-order chi connectivity index (χ0) is 8.89. The van der Waals surface area contributed by atoms with Crippen molar-refractivity contribution in [2.75, 3.05) is 6.54 Å². The van der Waals surface area contributed by atoms with E-state index < -0.39 is 5.67 Å². The van der Waals surface area contributed by atoms with Crippen LogP contribution in [0.1, 0.15) is 28.4 Å². The van der Waals surface area contributed by atoms with Crippen LogP contribution in [0.4, 0.5) is 4.39 Å². The molecule has 1 saturated carbocycles. The lowest BCUT2D eigenvalue weighted by molar-refractivity contribution is 0.316. The summed E-state index contributed by atoms with van der Waals surface area (Å²) < 4.78 is 13.6. The van der Waals surface area contributed by atoms with E-state index in [1.54, 1.807) is 11.3 Å². The average molecular weight is 198 g/mol. The summed E-state index contributed by atoms with van der Waals surface area (Å²) in [6.07, 6.45) is 2.31. The van der Waals surface area contributed by atoms with Crippen LogP contribution in [0, 0.1) is 0 Å². The Morgan fingerprint density at radius 3 is 3.00 bits per heavy atom. The summed E-state index contributed by atoms with van der Waals surface area (Å²) in [6, 6.07) is 0. The van der Waals surface area contributed by atoms with Gasteiger partial charge in [-0.05, 0) is 12.8 Å². The second-order valence-electron chi connectivity index (χ2n) is 3.78. The van der Waals surface area contributed by atoms with Crippen LogP contribution in [0.15, 0.2) is 0 Å². The first-order valence-corrected chi connectivity index (χ1v) is 5.48. The highest BCUT2D eigenvalue weighted by atomic mass is 32.1. The number of hydrogen-bond acceptors (Lipinski definition) is 3. The third kappa shape index (κ3) is 1.20. The van der Waals surface area contributed by atoms with Crippen LogP contribution in [0.3, 0.4) is 0 Å². The smallest absolute Gasteiger partial charge is 0.162 e. The van der Waals surface area contributed by atoms with Gasteiger partial charge in [-0.25, -0.2) is 9.37 Å². The van der Waals surface area contributed by atoms with Gasteiger partial charge in [-0.3, -0.25) is 0 Å². The Hall–Kier alpha value is -0.480. The van der Waals surface area contributed by atoms with Gasteiger partial charge in [0.05, 0.1) is 5.69 Å². The molecule has 1 N–H and O–H groups in total. The molecule has 1 aliphatic carbocycles. The number of rotatable bonds is 1. The quantitative estimate of drug-likeness (QED) is 0.743. The molecule has 0 radical (unpaired) electrons. The van der Waals surface area contributed by atoms with Crippen molar-refractivity contribution in [1.82, 2.24) is 10.3 Å². The van der Waals surface area contributed by atoms with Crippen molar-refractivity contribution in [1.29, 1.82) is 0 Å². The number of thiazole rings is 1. The number of fused-ring (bicyclic) bond motifs is 1. The minimum Gasteiger partial charge on any atom is -0.311 e. The molecule has 3 rings (SSSR count). The van der Waals surface area contributed by atoms with Crippen LogP contribution in [0.2, 0.25) is 0 Å². The van der Waals surface area contributed by atoms with Crippen molar-refractivity contribution < 1.29 is 4.39 Å². The zero-order valence-electron chi connectivity index (χ0n) is 7.27. The molecule has 2 nitrogen and oxygen atoms in total. The topological polar surface area (TPSA) is 24.9 Å². The molecule has 0 aromatic carbocycles. The molecule has 1 fully saturated rings. The molecule has 0 saturated heterocycles. The number of halogens is 1. The maximum absolute atomic E-state index is 13.6. The number of hydrogen-bond donors (Lipinski definition) is 1. The van der Waals surface area contributed by atoms with Crippen LogP contribution in [0.5, 0.6) is 0 Å². The summed E-state index contributed by atoms with van der Waals surface area (Å²) in [4.78, 5) is 5.63. The van der Waals surface area contributed by atoms with E-state index in [-0.39, 0.29) is 0 Å². The van der Waals surface area contributed by atoms with Gasteiger partial charge in [0.1, 0.15) is 5.01 Å². The molecule has 0 bridgehead atoms. The van der Waals surface area contributed by atoms with Crippen LogP contribution >= 0.6 is 11.3 Å². The Morgan fingerprint density at radius 2 is 2.31 bits per heavy atom. The van der Waals surface area contributed by atoms with Gasteiger partial charge < -0.3 is 5.32 Å². The Morgan fingerprint density at radius 1 is 1.46 bits per heavy atom. The van der Waals surface area contributed by atoms with E-state index in [2.05, 4.69) is 10.3 Å². The van der Waals surface area contributed by atoms with E-state index in [0.29, 0.717) is 12.8 Å². The second kappa shape index (κ2) is 2.51. The first-order valence-electron chi connectivity index (χ1n) is 4.67. The number of aromatic nitrogens is 1. The molecule has 13 heavy (non-hydrogen) atoms. The van der Waals surface area contributed by atoms with E-state index in [4.69, 9.17) is 0 Å². The first kappa shape index (κ1) is 7.88. The number of nitrogens with zero attached hydrogens (tertiary/aromatic N) is 1. The molecular formula is C9H11FN2S. The normalized spacial score (nSPS) is 24.1. The molecule has 0 atom stereocenters. The molecular weight excluding hydrogens is 187 g/mol. The van der Waals surface area contributed by atoms with E-state index in [0.717, 1.165) is 30.2 Å². The van der Waals surface area contributed by atoms with Crippen molar-refractivity contribution in [3.63, 3.8) is 0 Å². The molecule has 1 aromatic heterocycles. The van der Waals surface area contributed by atoms with Crippen LogP contribution in [-0.2, 0) is 18.6 Å². The van der Waals surface area contributed by atoms with Gasteiger partial charge >= 0.3 is 0 Å². The van der Waals surface area contributed by atoms with Gasteiger partial charge in [0.15, 0.2) is 5.67 Å². The fourth-order valence-corrected chi connectivity index (χ4v) is 2.86. The molecule has 0 amide bonds. The minimum atomic E-state index is -1.04. The monoisotopic (exact) mass is 198 g/mol. The van der Waals surface area contributed by atoms with Crippen LogP contribution in [0.25, 0.3) is 0 Å². The standard InChI is InChI=1S/C9H11FN2S/c10-9(2-3-9)8-12-6-1-4-11-5-7(6)13-8/h11H,1-5H2. The lowest BCUT2D eigenvalue weighted by atomic mass is 10.2. The molecule has 1 aromatic rings. The lowest BCUT2D eigenvalue weighted by Gasteiger charge is -2.09. The number of nitrogens with one attached hydrogen (secondary N) is 1. The van der Waals surface area contributed by atoms with Gasteiger partial charge in [0, 0.05) is 24.4 Å². The Bertz CT molecular complexity index is 320. The fraction of sp³-hybridized carbons (Fsp3) is 0.667. The highest BCUT2D eigenvalue weighted by molar-refractivity contribution is 7.11. The Kier molecular flexibility index (Phi) is 1.52. The van der Waals surface area contributed by atoms with E-state index in [1.807, 2.05) is 0 Å². The van der Waals surface area contributed by atoms with Gasteiger partial charge in [-0.2, -0.15) is 0 Å². The van der Waals surface area contributed by atoms with Crippen molar-refractivity contribution >= 4 is 11.3 Å². The summed E-state index contributed by atoms with van der Waals surface area (Å²) in [7, 11) is 0. The third-order valence-electron chi connectivity index (χ3n) is 2.67. The summed E-state index contributed by atoms with van der Waals surface area (Å²) in [5.41, 5.74) is 0.0878. The summed E-state index contributed by atoms with van der Waals surface area (Å²) in [5.74, 6) is 0. The molecule has 2 aliphatic rings. The van der Waals surface area contributed by atoms with Gasteiger partial charge in [0.2, 0.25) is 0 Å². The predicted octanol–water partition coefficient (Wildman–Crippen LogP) is 1.75. The third-order valence-corrected chi connectivity index (χ3v) is 3.95. The van der Waals surface area contributed by atoms with Crippen molar-refractivity contribution in [2.24, 2.45) is 0 Å². The first-order chi connectivity index (χ1) is 6.28.